The van der Waals surface area contributed by atoms with Gasteiger partial charge in [-0.2, -0.15) is 8.42 Å². The van der Waals surface area contributed by atoms with Crippen molar-refractivity contribution < 1.29 is 26.9 Å². The van der Waals surface area contributed by atoms with E-state index in [1.807, 2.05) is 30.3 Å². The van der Waals surface area contributed by atoms with Crippen molar-refractivity contribution in [2.24, 2.45) is 0 Å². The lowest BCUT2D eigenvalue weighted by atomic mass is 10.0. The van der Waals surface area contributed by atoms with Gasteiger partial charge in [0, 0.05) is 13.0 Å². The zero-order chi connectivity index (χ0) is 17.3. The number of hydrogen-bond donors (Lipinski definition) is 0. The van der Waals surface area contributed by atoms with E-state index in [1.54, 1.807) is 0 Å². The molecule has 1 aromatic rings. The lowest BCUT2D eigenvalue weighted by Gasteiger charge is -2.26. The molecule has 7 nitrogen and oxygen atoms in total. The number of hydrogen-bond acceptors (Lipinski definition) is 6. The van der Waals surface area contributed by atoms with Crippen molar-refractivity contribution in [3.05, 3.63) is 35.9 Å². The summed E-state index contributed by atoms with van der Waals surface area (Å²) in [6.07, 6.45) is 2.12. The molecule has 128 valence electrons. The maximum absolute atomic E-state index is 12.0. The van der Waals surface area contributed by atoms with Gasteiger partial charge in [-0.3, -0.25) is 8.98 Å². The topological polar surface area (TPSA) is 90.0 Å². The van der Waals surface area contributed by atoms with Crippen molar-refractivity contribution in [2.45, 2.75) is 18.9 Å². The van der Waals surface area contributed by atoms with Crippen LogP contribution < -0.4 is 0 Å². The first-order chi connectivity index (χ1) is 10.9. The Labute approximate surface area is 136 Å². The van der Waals surface area contributed by atoms with Crippen LogP contribution in [-0.2, 0) is 35.0 Å². The van der Waals surface area contributed by atoms with Crippen LogP contribution >= 0.6 is 0 Å². The van der Waals surface area contributed by atoms with Crippen LogP contribution in [0.4, 0.5) is 0 Å². The van der Waals surface area contributed by atoms with Crippen LogP contribution in [0.2, 0.25) is 0 Å². The number of rotatable bonds is 10. The number of benzene rings is 1. The fourth-order valence-corrected chi connectivity index (χ4v) is 2.47. The minimum Gasteiger partial charge on any atom is -0.467 e. The molecular weight excluding hydrogens is 322 g/mol. The van der Waals surface area contributed by atoms with Crippen molar-refractivity contribution in [2.75, 3.05) is 26.5 Å². The summed E-state index contributed by atoms with van der Waals surface area (Å²) in [5.74, 6) is -0.523. The Bertz CT molecular complexity index is 602. The van der Waals surface area contributed by atoms with Gasteiger partial charge in [-0.1, -0.05) is 30.3 Å². The Hall–Kier alpha value is -1.93. The highest BCUT2D eigenvalue weighted by Crippen LogP contribution is 2.10. The predicted molar refractivity (Wildman–Crippen MR) is 84.1 cm³/mol. The standard InChI is InChI=1S/C15H21NO6S/c1-21-15(18)14(11-13-7-4-3-5-8-13)16(12-17)9-6-10-22-23(2,19)20/h3-5,7-8,12,14H,6,9-11H2,1-2H3/t14-/m0/s1. The Kier molecular flexibility index (Phi) is 7.70. The molecule has 0 unspecified atom stereocenters. The molecule has 0 N–H and O–H groups in total. The molecular formula is C15H21NO6S. The van der Waals surface area contributed by atoms with Crippen molar-refractivity contribution in [1.29, 1.82) is 0 Å². The van der Waals surface area contributed by atoms with Gasteiger partial charge in [-0.25, -0.2) is 4.79 Å². The number of methoxy groups -OCH3 is 1. The number of esters is 1. The number of ether oxygens (including phenoxy) is 1. The van der Waals surface area contributed by atoms with Crippen molar-refractivity contribution in [3.8, 4) is 0 Å². The number of amides is 1. The Balaban J connectivity index is 2.70. The smallest absolute Gasteiger partial charge is 0.328 e. The average Bonchev–Trinajstić information content (AvgIpc) is 2.52. The third-order valence-corrected chi connectivity index (χ3v) is 3.73. The summed E-state index contributed by atoms with van der Waals surface area (Å²) in [5, 5.41) is 0. The molecule has 0 radical (unpaired) electrons. The SMILES string of the molecule is COC(=O)[C@H](Cc1ccccc1)N(C=O)CCCOS(C)(=O)=O. The second-order valence-electron chi connectivity index (χ2n) is 4.95. The summed E-state index contributed by atoms with van der Waals surface area (Å²) in [7, 11) is -2.26. The Morgan fingerprint density at radius 3 is 2.48 bits per heavy atom. The molecule has 0 heterocycles. The predicted octanol–water partition coefficient (Wildman–Crippen LogP) is 0.595. The van der Waals surface area contributed by atoms with Gasteiger partial charge in [0.25, 0.3) is 10.1 Å². The lowest BCUT2D eigenvalue weighted by Crippen LogP contribution is -2.43. The van der Waals surface area contributed by atoms with Crippen LogP contribution in [0.3, 0.4) is 0 Å². The van der Waals surface area contributed by atoms with E-state index < -0.39 is 22.1 Å². The fourth-order valence-electron chi connectivity index (χ4n) is 2.05. The van der Waals surface area contributed by atoms with Crippen molar-refractivity contribution >= 4 is 22.5 Å². The van der Waals surface area contributed by atoms with Crippen LogP contribution in [0.5, 0.6) is 0 Å². The van der Waals surface area contributed by atoms with E-state index in [4.69, 9.17) is 4.74 Å². The van der Waals surface area contributed by atoms with Gasteiger partial charge in [0.1, 0.15) is 6.04 Å². The normalized spacial score (nSPS) is 12.4. The Morgan fingerprint density at radius 1 is 1.30 bits per heavy atom. The molecule has 0 aliphatic heterocycles. The van der Waals surface area contributed by atoms with Crippen molar-refractivity contribution in [1.82, 2.24) is 4.90 Å². The van der Waals surface area contributed by atoms with E-state index in [2.05, 4.69) is 4.18 Å². The molecule has 23 heavy (non-hydrogen) atoms. The first-order valence-corrected chi connectivity index (χ1v) is 8.86. The summed E-state index contributed by atoms with van der Waals surface area (Å²) in [6.45, 7) is 0.133. The van der Waals surface area contributed by atoms with E-state index in [-0.39, 0.29) is 19.6 Å². The average molecular weight is 343 g/mol. The number of carbonyl (C=O) groups excluding carboxylic acids is 2. The molecule has 1 amide bonds. The van der Waals surface area contributed by atoms with Gasteiger partial charge in [-0.05, 0) is 12.0 Å². The minimum atomic E-state index is -3.52. The maximum Gasteiger partial charge on any atom is 0.328 e. The maximum atomic E-state index is 12.0. The third-order valence-electron chi connectivity index (χ3n) is 3.14. The van der Waals surface area contributed by atoms with Gasteiger partial charge in [-0.15, -0.1) is 0 Å². The van der Waals surface area contributed by atoms with Crippen LogP contribution in [0.25, 0.3) is 0 Å². The molecule has 0 saturated heterocycles. The van der Waals surface area contributed by atoms with Gasteiger partial charge in [0.05, 0.1) is 20.0 Å². The molecule has 8 heteroatoms. The van der Waals surface area contributed by atoms with Gasteiger partial charge < -0.3 is 9.64 Å². The highest BCUT2D eigenvalue weighted by molar-refractivity contribution is 7.85. The van der Waals surface area contributed by atoms with E-state index in [0.29, 0.717) is 12.8 Å². The monoisotopic (exact) mass is 343 g/mol. The van der Waals surface area contributed by atoms with E-state index in [1.165, 1.54) is 12.0 Å². The number of nitrogens with zero attached hydrogens (tertiary/aromatic N) is 1. The summed E-state index contributed by atoms with van der Waals surface area (Å²) < 4.78 is 31.2. The van der Waals surface area contributed by atoms with Crippen LogP contribution in [0.1, 0.15) is 12.0 Å². The summed E-state index contributed by atoms with van der Waals surface area (Å²) in [5.41, 5.74) is 0.891. The lowest BCUT2D eigenvalue weighted by molar-refractivity contribution is -0.149. The largest absolute Gasteiger partial charge is 0.467 e. The van der Waals surface area contributed by atoms with Crippen LogP contribution in [-0.4, -0.2) is 58.3 Å². The van der Waals surface area contributed by atoms with E-state index >= 15 is 0 Å². The summed E-state index contributed by atoms with van der Waals surface area (Å²) >= 11 is 0. The third kappa shape index (κ3) is 7.25. The zero-order valence-corrected chi connectivity index (χ0v) is 14.0. The fraction of sp³-hybridized carbons (Fsp3) is 0.467. The van der Waals surface area contributed by atoms with E-state index in [9.17, 15) is 18.0 Å². The second kappa shape index (κ2) is 9.26. The van der Waals surface area contributed by atoms with Crippen molar-refractivity contribution in [3.63, 3.8) is 0 Å². The molecule has 0 spiro atoms. The molecule has 1 rings (SSSR count). The highest BCUT2D eigenvalue weighted by Gasteiger charge is 2.26. The minimum absolute atomic E-state index is 0.0532. The first kappa shape index (κ1) is 19.1. The van der Waals surface area contributed by atoms with Crippen LogP contribution in [0, 0.1) is 0 Å². The highest BCUT2D eigenvalue weighted by atomic mass is 32.2. The summed E-state index contributed by atoms with van der Waals surface area (Å²) in [6, 6.07) is 8.48. The molecule has 0 saturated carbocycles. The van der Waals surface area contributed by atoms with Gasteiger partial charge in [0.2, 0.25) is 6.41 Å². The molecule has 0 aromatic heterocycles. The molecule has 0 aliphatic carbocycles. The van der Waals surface area contributed by atoms with E-state index in [0.717, 1.165) is 11.8 Å². The first-order valence-electron chi connectivity index (χ1n) is 7.04. The quantitative estimate of drug-likeness (QED) is 0.267. The van der Waals surface area contributed by atoms with Gasteiger partial charge in [0.15, 0.2) is 0 Å². The number of carbonyl (C=O) groups is 2. The molecule has 1 atom stereocenters. The Morgan fingerprint density at radius 2 is 1.96 bits per heavy atom. The molecule has 0 bridgehead atoms. The zero-order valence-electron chi connectivity index (χ0n) is 13.2. The molecule has 0 fully saturated rings. The van der Waals surface area contributed by atoms with Crippen LogP contribution in [0.15, 0.2) is 30.3 Å². The second-order valence-corrected chi connectivity index (χ2v) is 6.60. The molecule has 0 aliphatic rings. The van der Waals surface area contributed by atoms with Gasteiger partial charge >= 0.3 is 5.97 Å². The molecule has 1 aromatic carbocycles. The summed E-state index contributed by atoms with van der Waals surface area (Å²) in [4.78, 5) is 24.6.